The van der Waals surface area contributed by atoms with Crippen LogP contribution in [0.2, 0.25) is 5.02 Å². The summed E-state index contributed by atoms with van der Waals surface area (Å²) in [5.74, 6) is -0.418. The SMILES string of the molecule is N#CC(c1ccccc1)c1ccc(NC=O)cc1Cl. The standard InChI is InChI=1S/C15H11ClN2O/c16-15-8-12(18-10-19)6-7-13(15)14(9-17)11-4-2-1-3-5-11/h1-8,10,14H,(H,18,19). The molecule has 0 radical (unpaired) electrons. The lowest BCUT2D eigenvalue weighted by Gasteiger charge is -2.12. The van der Waals surface area contributed by atoms with Gasteiger partial charge in [-0.05, 0) is 23.3 Å². The molecule has 4 heteroatoms. The van der Waals surface area contributed by atoms with E-state index in [0.717, 1.165) is 11.1 Å². The van der Waals surface area contributed by atoms with Gasteiger partial charge >= 0.3 is 0 Å². The Bertz CT molecular complexity index is 620. The third-order valence-corrected chi connectivity index (χ3v) is 3.13. The summed E-state index contributed by atoms with van der Waals surface area (Å²) in [7, 11) is 0. The number of benzene rings is 2. The predicted molar refractivity (Wildman–Crippen MR) is 75.0 cm³/mol. The number of hydrogen-bond acceptors (Lipinski definition) is 2. The van der Waals surface area contributed by atoms with Gasteiger partial charge in [-0.3, -0.25) is 4.79 Å². The van der Waals surface area contributed by atoms with Gasteiger partial charge in [0, 0.05) is 10.7 Å². The minimum atomic E-state index is -0.418. The molecule has 0 bridgehead atoms. The molecule has 0 fully saturated rings. The Hall–Kier alpha value is -2.31. The van der Waals surface area contributed by atoms with Gasteiger partial charge in [0.15, 0.2) is 0 Å². The van der Waals surface area contributed by atoms with Gasteiger partial charge in [0.1, 0.15) is 0 Å². The third kappa shape index (κ3) is 2.93. The van der Waals surface area contributed by atoms with Crippen molar-refractivity contribution in [2.45, 2.75) is 5.92 Å². The summed E-state index contributed by atoms with van der Waals surface area (Å²) >= 11 is 6.18. The zero-order valence-corrected chi connectivity index (χ0v) is 10.8. The zero-order valence-electron chi connectivity index (χ0n) is 10.0. The fraction of sp³-hybridized carbons (Fsp3) is 0.0667. The second-order valence-electron chi connectivity index (χ2n) is 3.97. The molecule has 0 aliphatic rings. The van der Waals surface area contributed by atoms with Crippen LogP contribution in [0.1, 0.15) is 17.0 Å². The summed E-state index contributed by atoms with van der Waals surface area (Å²) in [6, 6.07) is 16.8. The number of amides is 1. The maximum absolute atomic E-state index is 10.4. The number of nitriles is 1. The minimum absolute atomic E-state index is 0.418. The van der Waals surface area contributed by atoms with Crippen LogP contribution >= 0.6 is 11.6 Å². The Labute approximate surface area is 116 Å². The van der Waals surface area contributed by atoms with Crippen LogP contribution in [0.5, 0.6) is 0 Å². The van der Waals surface area contributed by atoms with E-state index in [-0.39, 0.29) is 0 Å². The molecule has 0 aromatic heterocycles. The van der Waals surface area contributed by atoms with Gasteiger partial charge in [0.05, 0.1) is 12.0 Å². The van der Waals surface area contributed by atoms with Gasteiger partial charge < -0.3 is 5.32 Å². The second-order valence-corrected chi connectivity index (χ2v) is 4.38. The molecule has 1 atom stereocenters. The Morgan fingerprint density at radius 1 is 1.21 bits per heavy atom. The van der Waals surface area contributed by atoms with Crippen LogP contribution in [0, 0.1) is 11.3 Å². The Balaban J connectivity index is 2.40. The lowest BCUT2D eigenvalue weighted by atomic mass is 9.92. The quantitative estimate of drug-likeness (QED) is 0.864. The normalized spacial score (nSPS) is 11.4. The van der Waals surface area contributed by atoms with Gasteiger partial charge in [-0.25, -0.2) is 0 Å². The first kappa shape index (κ1) is 13.1. The minimum Gasteiger partial charge on any atom is -0.329 e. The molecular formula is C15H11ClN2O. The van der Waals surface area contributed by atoms with E-state index >= 15 is 0 Å². The molecule has 3 nitrogen and oxygen atoms in total. The first-order valence-electron chi connectivity index (χ1n) is 5.70. The zero-order chi connectivity index (χ0) is 13.7. The van der Waals surface area contributed by atoms with Crippen LogP contribution in [0.3, 0.4) is 0 Å². The fourth-order valence-corrected chi connectivity index (χ4v) is 2.18. The van der Waals surface area contributed by atoms with Gasteiger partial charge in [0.2, 0.25) is 6.41 Å². The number of halogens is 1. The molecule has 1 amide bonds. The summed E-state index contributed by atoms with van der Waals surface area (Å²) < 4.78 is 0. The van der Waals surface area contributed by atoms with Crippen molar-refractivity contribution in [3.05, 3.63) is 64.7 Å². The lowest BCUT2D eigenvalue weighted by Crippen LogP contribution is -2.00. The van der Waals surface area contributed by atoms with E-state index in [9.17, 15) is 10.1 Å². The number of anilines is 1. The van der Waals surface area contributed by atoms with Crippen molar-refractivity contribution in [1.29, 1.82) is 5.26 Å². The predicted octanol–water partition coefficient (Wildman–Crippen LogP) is 3.56. The average molecular weight is 271 g/mol. The van der Waals surface area contributed by atoms with Gasteiger partial charge in [-0.1, -0.05) is 48.0 Å². The van der Waals surface area contributed by atoms with E-state index in [1.165, 1.54) is 0 Å². The van der Waals surface area contributed by atoms with E-state index in [4.69, 9.17) is 11.6 Å². The van der Waals surface area contributed by atoms with Crippen molar-refractivity contribution < 1.29 is 4.79 Å². The van der Waals surface area contributed by atoms with Crippen molar-refractivity contribution in [3.63, 3.8) is 0 Å². The number of nitrogens with zero attached hydrogens (tertiary/aromatic N) is 1. The van der Waals surface area contributed by atoms with Crippen molar-refractivity contribution in [3.8, 4) is 6.07 Å². The molecule has 94 valence electrons. The summed E-state index contributed by atoms with van der Waals surface area (Å²) in [5.41, 5.74) is 2.23. The highest BCUT2D eigenvalue weighted by Gasteiger charge is 2.16. The van der Waals surface area contributed by atoms with Crippen molar-refractivity contribution in [2.24, 2.45) is 0 Å². The fourth-order valence-electron chi connectivity index (χ4n) is 1.89. The van der Waals surface area contributed by atoms with E-state index in [1.54, 1.807) is 18.2 Å². The summed E-state index contributed by atoms with van der Waals surface area (Å²) in [5, 5.41) is 12.3. The molecule has 0 saturated carbocycles. The summed E-state index contributed by atoms with van der Waals surface area (Å²) in [6.07, 6.45) is 0.588. The number of rotatable bonds is 4. The molecule has 2 aromatic carbocycles. The van der Waals surface area contributed by atoms with Crippen molar-refractivity contribution >= 4 is 23.7 Å². The first-order chi connectivity index (χ1) is 9.26. The molecule has 0 spiro atoms. The molecule has 2 aromatic rings. The Morgan fingerprint density at radius 3 is 2.53 bits per heavy atom. The van der Waals surface area contributed by atoms with E-state index < -0.39 is 5.92 Å². The van der Waals surface area contributed by atoms with Gasteiger partial charge in [0.25, 0.3) is 0 Å². The molecule has 19 heavy (non-hydrogen) atoms. The molecule has 1 unspecified atom stereocenters. The second kappa shape index (κ2) is 6.03. The molecule has 0 aliphatic heterocycles. The largest absolute Gasteiger partial charge is 0.329 e. The van der Waals surface area contributed by atoms with Crippen LogP contribution in [-0.2, 0) is 4.79 Å². The van der Waals surface area contributed by atoms with Crippen molar-refractivity contribution in [1.82, 2.24) is 0 Å². The van der Waals surface area contributed by atoms with E-state index in [0.29, 0.717) is 17.1 Å². The molecule has 2 rings (SSSR count). The molecular weight excluding hydrogens is 260 g/mol. The van der Waals surface area contributed by atoms with Gasteiger partial charge in [-0.15, -0.1) is 0 Å². The van der Waals surface area contributed by atoms with Crippen molar-refractivity contribution in [2.75, 3.05) is 5.32 Å². The summed E-state index contributed by atoms with van der Waals surface area (Å²) in [4.78, 5) is 10.4. The smallest absolute Gasteiger partial charge is 0.211 e. The molecule has 1 N–H and O–H groups in total. The van der Waals surface area contributed by atoms with E-state index in [2.05, 4.69) is 11.4 Å². The monoisotopic (exact) mass is 270 g/mol. The molecule has 0 saturated heterocycles. The lowest BCUT2D eigenvalue weighted by molar-refractivity contribution is -0.105. The maximum Gasteiger partial charge on any atom is 0.211 e. The highest BCUT2D eigenvalue weighted by molar-refractivity contribution is 6.31. The number of hydrogen-bond donors (Lipinski definition) is 1. The third-order valence-electron chi connectivity index (χ3n) is 2.80. The highest BCUT2D eigenvalue weighted by atomic mass is 35.5. The number of nitrogens with one attached hydrogen (secondary N) is 1. The topological polar surface area (TPSA) is 52.9 Å². The van der Waals surface area contributed by atoms with Gasteiger partial charge in [-0.2, -0.15) is 5.26 Å². The highest BCUT2D eigenvalue weighted by Crippen LogP contribution is 2.31. The average Bonchev–Trinajstić information content (AvgIpc) is 2.43. The van der Waals surface area contributed by atoms with Crippen LogP contribution in [-0.4, -0.2) is 6.41 Å². The number of carbonyl (C=O) groups is 1. The van der Waals surface area contributed by atoms with Crippen LogP contribution in [0.4, 0.5) is 5.69 Å². The van der Waals surface area contributed by atoms with Crippen LogP contribution < -0.4 is 5.32 Å². The summed E-state index contributed by atoms with van der Waals surface area (Å²) in [6.45, 7) is 0. The first-order valence-corrected chi connectivity index (χ1v) is 6.08. The Kier molecular flexibility index (Phi) is 4.17. The number of carbonyl (C=O) groups excluding carboxylic acids is 1. The van der Waals surface area contributed by atoms with Crippen LogP contribution in [0.25, 0.3) is 0 Å². The maximum atomic E-state index is 10.4. The molecule has 0 heterocycles. The van der Waals surface area contributed by atoms with E-state index in [1.807, 2.05) is 30.3 Å². The van der Waals surface area contributed by atoms with Crippen LogP contribution in [0.15, 0.2) is 48.5 Å². The Morgan fingerprint density at radius 2 is 1.95 bits per heavy atom. The molecule has 0 aliphatic carbocycles.